The summed E-state index contributed by atoms with van der Waals surface area (Å²) >= 11 is 0. The Balaban J connectivity index is 1.23. The number of carbonyl (C=O) groups excluding carboxylic acids is 2. The average molecular weight is 448 g/mol. The zero-order valence-electron chi connectivity index (χ0n) is 18.7. The van der Waals surface area contributed by atoms with Crippen LogP contribution in [-0.2, 0) is 29.2 Å². The van der Waals surface area contributed by atoms with Gasteiger partial charge in [-0.2, -0.15) is 0 Å². The van der Waals surface area contributed by atoms with Crippen molar-refractivity contribution >= 4 is 11.8 Å². The van der Waals surface area contributed by atoms with E-state index in [1.54, 1.807) is 4.90 Å². The van der Waals surface area contributed by atoms with Gasteiger partial charge >= 0.3 is 0 Å². The maximum atomic E-state index is 13.1. The highest BCUT2D eigenvalue weighted by Crippen LogP contribution is 2.35. The van der Waals surface area contributed by atoms with Crippen LogP contribution in [0, 0.1) is 0 Å². The topological polar surface area (TPSA) is 71.1 Å². The van der Waals surface area contributed by atoms with Gasteiger partial charge in [-0.05, 0) is 29.7 Å². The summed E-state index contributed by atoms with van der Waals surface area (Å²) in [5.41, 5.74) is 4.52. The zero-order chi connectivity index (χ0) is 22.8. The highest BCUT2D eigenvalue weighted by Gasteiger charge is 2.37. The number of amides is 2. The first-order valence-corrected chi connectivity index (χ1v) is 11.5. The minimum Gasteiger partial charge on any atom is -0.489 e. The fourth-order valence-electron chi connectivity index (χ4n) is 4.74. The van der Waals surface area contributed by atoms with Crippen LogP contribution < -0.4 is 10.1 Å². The van der Waals surface area contributed by atoms with E-state index in [1.165, 1.54) is 5.56 Å². The maximum absolute atomic E-state index is 13.1. The van der Waals surface area contributed by atoms with E-state index in [4.69, 9.17) is 9.47 Å². The maximum Gasteiger partial charge on any atom is 0.255 e. The van der Waals surface area contributed by atoms with Gasteiger partial charge in [-0.15, -0.1) is 0 Å². The van der Waals surface area contributed by atoms with Gasteiger partial charge in [0.25, 0.3) is 5.91 Å². The summed E-state index contributed by atoms with van der Waals surface area (Å²) in [6.45, 7) is 9.35. The Morgan fingerprint density at radius 2 is 1.82 bits per heavy atom. The number of rotatable bonds is 6. The second kappa shape index (κ2) is 9.37. The van der Waals surface area contributed by atoms with Gasteiger partial charge in [0.05, 0.1) is 25.8 Å². The molecule has 5 rings (SSSR count). The zero-order valence-corrected chi connectivity index (χ0v) is 18.7. The van der Waals surface area contributed by atoms with Gasteiger partial charge in [0.15, 0.2) is 0 Å². The fourth-order valence-corrected chi connectivity index (χ4v) is 4.74. The van der Waals surface area contributed by atoms with Crippen LogP contribution in [0.3, 0.4) is 0 Å². The molecule has 172 valence electrons. The molecule has 1 unspecified atom stereocenters. The summed E-state index contributed by atoms with van der Waals surface area (Å²) in [5.74, 6) is 0.650. The predicted octanol–water partition coefficient (Wildman–Crippen LogP) is 2.85. The van der Waals surface area contributed by atoms with Crippen molar-refractivity contribution < 1.29 is 19.1 Å². The van der Waals surface area contributed by atoms with Crippen LogP contribution in [0.5, 0.6) is 5.75 Å². The van der Waals surface area contributed by atoms with Crippen molar-refractivity contribution in [3.05, 3.63) is 77.0 Å². The first-order valence-electron chi connectivity index (χ1n) is 11.5. The lowest BCUT2D eigenvalue weighted by atomic mass is 10.0. The number of hydrogen-bond acceptors (Lipinski definition) is 5. The Hall–Kier alpha value is -3.16. The summed E-state index contributed by atoms with van der Waals surface area (Å²) in [6, 6.07) is 13.9. The van der Waals surface area contributed by atoms with Crippen molar-refractivity contribution in [1.29, 1.82) is 0 Å². The standard InChI is InChI=1S/C26H29N3O4/c1-18-23(9-10-25(30)27-18)29-16-22-21(26(29)31)3-2-4-24(22)33-17-20-7-5-19(6-8-20)15-28-11-13-32-14-12-28/h2-8,23H,1,9-17H2,(H,27,30). The average Bonchev–Trinajstić information content (AvgIpc) is 3.16. The minimum absolute atomic E-state index is 0.0368. The Bertz CT molecular complexity index is 1060. The molecule has 0 spiro atoms. The van der Waals surface area contributed by atoms with E-state index in [1.807, 2.05) is 18.2 Å². The van der Waals surface area contributed by atoms with Gasteiger partial charge in [-0.3, -0.25) is 14.5 Å². The molecule has 0 radical (unpaired) electrons. The van der Waals surface area contributed by atoms with Crippen molar-refractivity contribution in [2.45, 2.75) is 38.6 Å². The molecule has 33 heavy (non-hydrogen) atoms. The Morgan fingerprint density at radius 3 is 2.58 bits per heavy atom. The van der Waals surface area contributed by atoms with Crippen LogP contribution in [0.15, 0.2) is 54.7 Å². The van der Waals surface area contributed by atoms with Crippen molar-refractivity contribution in [3.8, 4) is 5.75 Å². The fraction of sp³-hybridized carbons (Fsp3) is 0.385. The summed E-state index contributed by atoms with van der Waals surface area (Å²) in [4.78, 5) is 28.9. The van der Waals surface area contributed by atoms with Crippen molar-refractivity contribution in [2.75, 3.05) is 26.3 Å². The number of nitrogens with one attached hydrogen (secondary N) is 1. The van der Waals surface area contributed by atoms with Crippen molar-refractivity contribution in [3.63, 3.8) is 0 Å². The molecule has 2 fully saturated rings. The van der Waals surface area contributed by atoms with Crippen LogP contribution >= 0.6 is 0 Å². The highest BCUT2D eigenvalue weighted by atomic mass is 16.5. The molecule has 0 saturated carbocycles. The van der Waals surface area contributed by atoms with Crippen LogP contribution in [0.1, 0.15) is 39.9 Å². The lowest BCUT2D eigenvalue weighted by molar-refractivity contribution is -0.121. The number of piperidine rings is 1. The molecule has 0 aliphatic carbocycles. The quantitative estimate of drug-likeness (QED) is 0.738. The van der Waals surface area contributed by atoms with E-state index < -0.39 is 0 Å². The molecule has 2 saturated heterocycles. The number of nitrogens with zero attached hydrogens (tertiary/aromatic N) is 2. The summed E-state index contributed by atoms with van der Waals surface area (Å²) in [5, 5.41) is 2.78. The predicted molar refractivity (Wildman–Crippen MR) is 123 cm³/mol. The second-order valence-electron chi connectivity index (χ2n) is 8.84. The molecule has 0 aromatic heterocycles. The van der Waals surface area contributed by atoms with Crippen LogP contribution in [0.4, 0.5) is 0 Å². The largest absolute Gasteiger partial charge is 0.489 e. The molecule has 3 aliphatic rings. The summed E-state index contributed by atoms with van der Waals surface area (Å²) in [7, 11) is 0. The molecular weight excluding hydrogens is 418 g/mol. The van der Waals surface area contributed by atoms with E-state index in [-0.39, 0.29) is 17.9 Å². The molecule has 7 heteroatoms. The Kier molecular flexibility index (Phi) is 6.15. The Morgan fingerprint density at radius 1 is 1.06 bits per heavy atom. The number of benzene rings is 2. The molecule has 2 aromatic carbocycles. The number of hydrogen-bond donors (Lipinski definition) is 1. The molecule has 3 aliphatic heterocycles. The van der Waals surface area contributed by atoms with Crippen LogP contribution in [0.25, 0.3) is 0 Å². The molecule has 3 heterocycles. The molecule has 2 aromatic rings. The van der Waals surface area contributed by atoms with Gasteiger partial charge in [0, 0.05) is 42.9 Å². The first-order chi connectivity index (χ1) is 16.1. The summed E-state index contributed by atoms with van der Waals surface area (Å²) < 4.78 is 11.6. The van der Waals surface area contributed by atoms with Crippen molar-refractivity contribution in [1.82, 2.24) is 15.1 Å². The van der Waals surface area contributed by atoms with E-state index in [0.29, 0.717) is 37.3 Å². The molecule has 1 atom stereocenters. The summed E-state index contributed by atoms with van der Waals surface area (Å²) in [6.07, 6.45) is 0.992. The van der Waals surface area contributed by atoms with Gasteiger partial charge in [-0.25, -0.2) is 0 Å². The third kappa shape index (κ3) is 4.65. The van der Waals surface area contributed by atoms with E-state index in [0.717, 1.165) is 49.7 Å². The van der Waals surface area contributed by atoms with Crippen LogP contribution in [0.2, 0.25) is 0 Å². The monoisotopic (exact) mass is 447 g/mol. The third-order valence-electron chi connectivity index (χ3n) is 6.60. The first kappa shape index (κ1) is 21.7. The Labute approximate surface area is 194 Å². The van der Waals surface area contributed by atoms with E-state index in [9.17, 15) is 9.59 Å². The molecular formula is C26H29N3O4. The molecule has 2 amide bonds. The second-order valence-corrected chi connectivity index (χ2v) is 8.84. The smallest absolute Gasteiger partial charge is 0.255 e. The molecule has 0 bridgehead atoms. The molecule has 7 nitrogen and oxygen atoms in total. The highest BCUT2D eigenvalue weighted by molar-refractivity contribution is 5.99. The SMILES string of the molecule is C=C1NC(=O)CCC1N1Cc2c(OCc3ccc(CN4CCOCC4)cc3)cccc2C1=O. The van der Waals surface area contributed by atoms with Gasteiger partial charge in [-0.1, -0.05) is 36.9 Å². The number of fused-ring (bicyclic) bond motifs is 1. The molecule has 1 N–H and O–H groups in total. The normalized spacial score (nSPS) is 21.2. The van der Waals surface area contributed by atoms with Crippen LogP contribution in [-0.4, -0.2) is 54.0 Å². The lowest BCUT2D eigenvalue weighted by Gasteiger charge is -2.32. The van der Waals surface area contributed by atoms with Gasteiger partial charge in [0.1, 0.15) is 12.4 Å². The van der Waals surface area contributed by atoms with Gasteiger partial charge < -0.3 is 19.7 Å². The van der Waals surface area contributed by atoms with E-state index in [2.05, 4.69) is 41.1 Å². The number of carbonyl (C=O) groups is 2. The number of ether oxygens (including phenoxy) is 2. The van der Waals surface area contributed by atoms with Gasteiger partial charge in [0.2, 0.25) is 5.91 Å². The lowest BCUT2D eigenvalue weighted by Crippen LogP contribution is -2.45. The number of morpholine rings is 1. The van der Waals surface area contributed by atoms with E-state index >= 15 is 0 Å². The van der Waals surface area contributed by atoms with Crippen molar-refractivity contribution in [2.24, 2.45) is 0 Å². The third-order valence-corrected chi connectivity index (χ3v) is 6.60. The minimum atomic E-state index is -0.186.